The number of hydrogen-bond donors (Lipinski definition) is 0. The third kappa shape index (κ3) is 3.73. The molecule has 2 aromatic heterocycles. The number of anilines is 1. The standard InChI is InChI=1S/C19H19BrN4OS/c20-15-3-1-2-14(12-15)4-5-17(25)23-7-9-24(10-8-23)18-16-6-11-26-19(16)22-13-21-18/h1-3,6,11-13H,4-5,7-10H2. The van der Waals surface area contributed by atoms with Gasteiger partial charge in [0.2, 0.25) is 5.91 Å². The van der Waals surface area contributed by atoms with Crippen LogP contribution >= 0.6 is 27.3 Å². The van der Waals surface area contributed by atoms with Crippen LogP contribution in [0.25, 0.3) is 10.2 Å². The first-order valence-corrected chi connectivity index (χ1v) is 10.3. The predicted octanol–water partition coefficient (Wildman–Crippen LogP) is 3.74. The Balaban J connectivity index is 1.34. The number of carbonyl (C=O) groups is 1. The zero-order chi connectivity index (χ0) is 17.9. The molecular formula is C19H19BrN4OS. The molecule has 1 amide bonds. The molecule has 0 aliphatic carbocycles. The van der Waals surface area contributed by atoms with Gasteiger partial charge in [-0.05, 0) is 35.6 Å². The molecule has 26 heavy (non-hydrogen) atoms. The van der Waals surface area contributed by atoms with Crippen molar-refractivity contribution in [3.05, 3.63) is 52.1 Å². The number of nitrogens with zero attached hydrogens (tertiary/aromatic N) is 4. The Hall–Kier alpha value is -1.99. The van der Waals surface area contributed by atoms with Gasteiger partial charge in [0.25, 0.3) is 0 Å². The number of piperazine rings is 1. The van der Waals surface area contributed by atoms with Gasteiger partial charge in [0, 0.05) is 37.1 Å². The van der Waals surface area contributed by atoms with Crippen molar-refractivity contribution < 1.29 is 4.79 Å². The van der Waals surface area contributed by atoms with Crippen molar-refractivity contribution >= 4 is 49.2 Å². The predicted molar refractivity (Wildman–Crippen MR) is 109 cm³/mol. The molecule has 0 spiro atoms. The van der Waals surface area contributed by atoms with E-state index in [4.69, 9.17) is 0 Å². The number of rotatable bonds is 4. The molecule has 7 heteroatoms. The van der Waals surface area contributed by atoms with Gasteiger partial charge in [0.05, 0.1) is 5.39 Å². The van der Waals surface area contributed by atoms with Crippen molar-refractivity contribution in [2.24, 2.45) is 0 Å². The molecule has 1 fully saturated rings. The highest BCUT2D eigenvalue weighted by atomic mass is 79.9. The molecule has 0 atom stereocenters. The number of carbonyl (C=O) groups excluding carboxylic acids is 1. The summed E-state index contributed by atoms with van der Waals surface area (Å²) in [4.78, 5) is 26.6. The molecule has 1 saturated heterocycles. The molecule has 0 bridgehead atoms. The van der Waals surface area contributed by atoms with Gasteiger partial charge >= 0.3 is 0 Å². The lowest BCUT2D eigenvalue weighted by atomic mass is 10.1. The van der Waals surface area contributed by atoms with E-state index in [1.807, 2.05) is 22.4 Å². The van der Waals surface area contributed by atoms with Crippen LogP contribution in [0.2, 0.25) is 0 Å². The molecule has 134 valence electrons. The van der Waals surface area contributed by atoms with Crippen LogP contribution in [0.4, 0.5) is 5.82 Å². The summed E-state index contributed by atoms with van der Waals surface area (Å²) < 4.78 is 1.06. The normalized spacial score (nSPS) is 14.8. The Morgan fingerprint density at radius 3 is 2.81 bits per heavy atom. The number of hydrogen-bond acceptors (Lipinski definition) is 5. The molecule has 0 radical (unpaired) electrons. The maximum atomic E-state index is 12.5. The van der Waals surface area contributed by atoms with E-state index in [9.17, 15) is 4.79 Å². The van der Waals surface area contributed by atoms with Crippen LogP contribution in [-0.2, 0) is 11.2 Å². The first kappa shape index (κ1) is 17.4. The van der Waals surface area contributed by atoms with E-state index in [2.05, 4.69) is 49.0 Å². The molecule has 1 aliphatic heterocycles. The summed E-state index contributed by atoms with van der Waals surface area (Å²) in [7, 11) is 0. The van der Waals surface area contributed by atoms with Crippen molar-refractivity contribution in [2.45, 2.75) is 12.8 Å². The highest BCUT2D eigenvalue weighted by molar-refractivity contribution is 9.10. The summed E-state index contributed by atoms with van der Waals surface area (Å²) in [5, 5.41) is 3.15. The Labute approximate surface area is 164 Å². The van der Waals surface area contributed by atoms with Gasteiger partial charge in [-0.2, -0.15) is 0 Å². The second-order valence-electron chi connectivity index (χ2n) is 6.33. The van der Waals surface area contributed by atoms with Crippen molar-refractivity contribution in [3.63, 3.8) is 0 Å². The third-order valence-corrected chi connectivity index (χ3v) is 6.00. The van der Waals surface area contributed by atoms with Crippen LogP contribution in [0.15, 0.2) is 46.5 Å². The lowest BCUT2D eigenvalue weighted by Gasteiger charge is -2.35. The van der Waals surface area contributed by atoms with Crippen LogP contribution in [0.3, 0.4) is 0 Å². The summed E-state index contributed by atoms with van der Waals surface area (Å²) in [5.74, 6) is 1.21. The molecular weight excluding hydrogens is 412 g/mol. The highest BCUT2D eigenvalue weighted by Crippen LogP contribution is 2.27. The monoisotopic (exact) mass is 430 g/mol. The highest BCUT2D eigenvalue weighted by Gasteiger charge is 2.23. The average molecular weight is 431 g/mol. The summed E-state index contributed by atoms with van der Waals surface area (Å²) in [6, 6.07) is 10.2. The molecule has 0 N–H and O–H groups in total. The Bertz CT molecular complexity index is 921. The Morgan fingerprint density at radius 1 is 1.15 bits per heavy atom. The van der Waals surface area contributed by atoms with E-state index in [1.54, 1.807) is 17.7 Å². The van der Waals surface area contributed by atoms with E-state index in [0.29, 0.717) is 6.42 Å². The second kappa shape index (κ2) is 7.72. The molecule has 0 saturated carbocycles. The number of amides is 1. The summed E-state index contributed by atoms with van der Waals surface area (Å²) in [6.07, 6.45) is 2.96. The molecule has 0 unspecified atom stereocenters. The third-order valence-electron chi connectivity index (χ3n) is 4.69. The van der Waals surface area contributed by atoms with Gasteiger partial charge in [-0.15, -0.1) is 11.3 Å². The number of thiophene rings is 1. The Morgan fingerprint density at radius 2 is 2.00 bits per heavy atom. The summed E-state index contributed by atoms with van der Waals surface area (Å²) >= 11 is 5.11. The minimum Gasteiger partial charge on any atom is -0.352 e. The number of halogens is 1. The maximum Gasteiger partial charge on any atom is 0.223 e. The molecule has 3 aromatic rings. The van der Waals surface area contributed by atoms with Crippen LogP contribution < -0.4 is 4.90 Å². The molecule has 4 rings (SSSR count). The van der Waals surface area contributed by atoms with Gasteiger partial charge in [0.15, 0.2) is 0 Å². The van der Waals surface area contributed by atoms with Crippen molar-refractivity contribution in [1.82, 2.24) is 14.9 Å². The van der Waals surface area contributed by atoms with Gasteiger partial charge in [0.1, 0.15) is 17.0 Å². The van der Waals surface area contributed by atoms with Gasteiger partial charge in [-0.3, -0.25) is 4.79 Å². The minimum absolute atomic E-state index is 0.230. The van der Waals surface area contributed by atoms with Crippen LogP contribution in [-0.4, -0.2) is 47.0 Å². The zero-order valence-electron chi connectivity index (χ0n) is 14.3. The fourth-order valence-electron chi connectivity index (χ4n) is 3.30. The lowest BCUT2D eigenvalue weighted by Crippen LogP contribution is -2.49. The van der Waals surface area contributed by atoms with Gasteiger partial charge < -0.3 is 9.80 Å². The number of benzene rings is 1. The maximum absolute atomic E-state index is 12.5. The molecule has 5 nitrogen and oxygen atoms in total. The van der Waals surface area contributed by atoms with Gasteiger partial charge in [-0.25, -0.2) is 9.97 Å². The van der Waals surface area contributed by atoms with E-state index < -0.39 is 0 Å². The van der Waals surface area contributed by atoms with Crippen LogP contribution in [0.1, 0.15) is 12.0 Å². The SMILES string of the molecule is O=C(CCc1cccc(Br)c1)N1CCN(c2ncnc3sccc23)CC1. The average Bonchev–Trinajstić information content (AvgIpc) is 3.15. The van der Waals surface area contributed by atoms with E-state index in [1.165, 1.54) is 5.56 Å². The van der Waals surface area contributed by atoms with E-state index in [-0.39, 0.29) is 5.91 Å². The fourth-order valence-corrected chi connectivity index (χ4v) is 4.47. The fraction of sp³-hybridized carbons (Fsp3) is 0.316. The molecule has 1 aromatic carbocycles. The zero-order valence-corrected chi connectivity index (χ0v) is 16.7. The van der Waals surface area contributed by atoms with Gasteiger partial charge in [-0.1, -0.05) is 28.1 Å². The summed E-state index contributed by atoms with van der Waals surface area (Å²) in [5.41, 5.74) is 1.19. The van der Waals surface area contributed by atoms with E-state index in [0.717, 1.165) is 53.1 Å². The molecule has 3 heterocycles. The number of fused-ring (bicyclic) bond motifs is 1. The molecule has 1 aliphatic rings. The van der Waals surface area contributed by atoms with Crippen molar-refractivity contribution in [2.75, 3.05) is 31.1 Å². The topological polar surface area (TPSA) is 49.3 Å². The van der Waals surface area contributed by atoms with E-state index >= 15 is 0 Å². The first-order valence-electron chi connectivity index (χ1n) is 8.66. The lowest BCUT2D eigenvalue weighted by molar-refractivity contribution is -0.131. The van der Waals surface area contributed by atoms with Crippen LogP contribution in [0.5, 0.6) is 0 Å². The van der Waals surface area contributed by atoms with Crippen LogP contribution in [0, 0.1) is 0 Å². The Kier molecular flexibility index (Phi) is 5.17. The largest absolute Gasteiger partial charge is 0.352 e. The smallest absolute Gasteiger partial charge is 0.223 e. The van der Waals surface area contributed by atoms with Crippen molar-refractivity contribution in [1.29, 1.82) is 0 Å². The summed E-state index contributed by atoms with van der Waals surface area (Å²) in [6.45, 7) is 3.11. The second-order valence-corrected chi connectivity index (χ2v) is 8.14. The first-order chi connectivity index (χ1) is 12.7. The van der Waals surface area contributed by atoms with Crippen molar-refractivity contribution in [3.8, 4) is 0 Å². The number of aryl methyl sites for hydroxylation is 1. The quantitative estimate of drug-likeness (QED) is 0.632. The number of aromatic nitrogens is 2. The minimum atomic E-state index is 0.230.